The summed E-state index contributed by atoms with van der Waals surface area (Å²) in [5.74, 6) is -0.0183. The first-order chi connectivity index (χ1) is 11.3. The van der Waals surface area contributed by atoms with Gasteiger partial charge in [-0.3, -0.25) is 4.79 Å². The number of aromatic nitrogens is 1. The number of nitrogens with one attached hydrogen (secondary N) is 1. The minimum atomic E-state index is -0.0183. The molecule has 23 heavy (non-hydrogen) atoms. The number of carbonyl (C=O) groups is 1. The molecule has 1 saturated heterocycles. The topological polar surface area (TPSA) is 45.2 Å². The van der Waals surface area contributed by atoms with Crippen molar-refractivity contribution in [2.75, 3.05) is 19.6 Å². The van der Waals surface area contributed by atoms with Crippen LogP contribution in [0.15, 0.2) is 36.5 Å². The van der Waals surface area contributed by atoms with Crippen LogP contribution in [-0.2, 0) is 6.42 Å². The second-order valence-electron chi connectivity index (χ2n) is 5.92. The quantitative estimate of drug-likeness (QED) is 0.885. The van der Waals surface area contributed by atoms with Crippen LogP contribution in [-0.4, -0.2) is 35.4 Å². The van der Waals surface area contributed by atoms with Crippen LogP contribution < -0.4 is 5.32 Å². The molecule has 3 rings (SSSR count). The van der Waals surface area contributed by atoms with Crippen LogP contribution in [0, 0.1) is 0 Å². The Morgan fingerprint density at radius 3 is 2.70 bits per heavy atom. The number of likely N-dealkylation sites (tertiary alicyclic amines) is 1. The highest BCUT2D eigenvalue weighted by Crippen LogP contribution is 2.20. The Kier molecular flexibility index (Phi) is 5.41. The summed E-state index contributed by atoms with van der Waals surface area (Å²) in [7, 11) is 0. The fourth-order valence-corrected chi connectivity index (χ4v) is 3.71. The van der Waals surface area contributed by atoms with Crippen LogP contribution in [0.25, 0.3) is 0 Å². The molecule has 1 unspecified atom stereocenters. The number of rotatable bonds is 6. The van der Waals surface area contributed by atoms with Crippen molar-refractivity contribution in [2.45, 2.75) is 32.2 Å². The molecule has 2 aromatic rings. The number of nitrogens with zero attached hydrogens (tertiary/aromatic N) is 2. The van der Waals surface area contributed by atoms with Gasteiger partial charge >= 0.3 is 0 Å². The van der Waals surface area contributed by atoms with E-state index in [-0.39, 0.29) is 11.9 Å². The van der Waals surface area contributed by atoms with E-state index in [4.69, 9.17) is 0 Å². The van der Waals surface area contributed by atoms with Gasteiger partial charge in [-0.25, -0.2) is 4.98 Å². The summed E-state index contributed by atoms with van der Waals surface area (Å²) in [5.41, 5.74) is 1.16. The molecule has 1 aliphatic rings. The average Bonchev–Trinajstić information content (AvgIpc) is 3.26. The maximum Gasteiger partial charge on any atom is 0.263 e. The predicted molar refractivity (Wildman–Crippen MR) is 93.8 cm³/mol. The van der Waals surface area contributed by atoms with Gasteiger partial charge < -0.3 is 10.2 Å². The van der Waals surface area contributed by atoms with Crippen molar-refractivity contribution in [1.82, 2.24) is 15.2 Å². The number of carbonyl (C=O) groups excluding carboxylic acids is 1. The lowest BCUT2D eigenvalue weighted by atomic mass is 10.1. The highest BCUT2D eigenvalue weighted by Gasteiger charge is 2.22. The normalized spacial score (nSPS) is 16.4. The molecule has 4 nitrogen and oxygen atoms in total. The van der Waals surface area contributed by atoms with Gasteiger partial charge in [-0.15, -0.1) is 11.3 Å². The largest absolute Gasteiger partial charge is 0.343 e. The zero-order chi connectivity index (χ0) is 16.1. The Morgan fingerprint density at radius 2 is 2.04 bits per heavy atom. The molecule has 0 bridgehead atoms. The first-order valence-electron chi connectivity index (χ1n) is 8.29. The second-order valence-corrected chi connectivity index (χ2v) is 7.03. The van der Waals surface area contributed by atoms with E-state index in [1.165, 1.54) is 24.2 Å². The van der Waals surface area contributed by atoms with E-state index in [0.717, 1.165) is 36.6 Å². The lowest BCUT2D eigenvalue weighted by molar-refractivity contribution is 0.0931. The highest BCUT2D eigenvalue weighted by molar-refractivity contribution is 7.13. The molecule has 1 aliphatic heterocycles. The third kappa shape index (κ3) is 4.18. The monoisotopic (exact) mass is 329 g/mol. The molecule has 0 radical (unpaired) electrons. The molecule has 0 spiro atoms. The number of amides is 1. The average molecular weight is 329 g/mol. The van der Waals surface area contributed by atoms with Gasteiger partial charge in [-0.2, -0.15) is 0 Å². The second kappa shape index (κ2) is 7.70. The van der Waals surface area contributed by atoms with Crippen LogP contribution in [0.4, 0.5) is 0 Å². The van der Waals surface area contributed by atoms with Gasteiger partial charge in [0, 0.05) is 6.54 Å². The van der Waals surface area contributed by atoms with E-state index in [2.05, 4.69) is 34.3 Å². The van der Waals surface area contributed by atoms with Gasteiger partial charge in [0.25, 0.3) is 5.91 Å². The lowest BCUT2D eigenvalue weighted by Crippen LogP contribution is -2.36. The lowest BCUT2D eigenvalue weighted by Gasteiger charge is -2.24. The van der Waals surface area contributed by atoms with Gasteiger partial charge in [-0.1, -0.05) is 37.3 Å². The molecule has 2 heterocycles. The molecule has 5 heteroatoms. The zero-order valence-corrected chi connectivity index (χ0v) is 14.3. The molecular formula is C18H23N3OS. The van der Waals surface area contributed by atoms with E-state index >= 15 is 0 Å². The van der Waals surface area contributed by atoms with Gasteiger partial charge in [0.2, 0.25) is 0 Å². The van der Waals surface area contributed by atoms with Crippen molar-refractivity contribution in [1.29, 1.82) is 0 Å². The van der Waals surface area contributed by atoms with Gasteiger partial charge in [0.15, 0.2) is 0 Å². The number of hydrogen-bond acceptors (Lipinski definition) is 4. The molecule has 0 aliphatic carbocycles. The molecule has 1 aromatic heterocycles. The molecule has 1 atom stereocenters. The molecule has 1 N–H and O–H groups in total. The Labute approximate surface area is 141 Å². The van der Waals surface area contributed by atoms with Crippen molar-refractivity contribution in [3.63, 3.8) is 0 Å². The van der Waals surface area contributed by atoms with E-state index in [9.17, 15) is 4.79 Å². The van der Waals surface area contributed by atoms with Crippen molar-refractivity contribution >= 4 is 17.2 Å². The number of hydrogen-bond donors (Lipinski definition) is 1. The van der Waals surface area contributed by atoms with Crippen LogP contribution in [0.2, 0.25) is 0 Å². The third-order valence-corrected chi connectivity index (χ3v) is 5.37. The summed E-state index contributed by atoms with van der Waals surface area (Å²) in [4.78, 5) is 20.0. The van der Waals surface area contributed by atoms with Crippen LogP contribution in [0.3, 0.4) is 0 Å². The first-order valence-corrected chi connectivity index (χ1v) is 9.10. The number of thiazole rings is 1. The predicted octanol–water partition coefficient (Wildman–Crippen LogP) is 3.27. The zero-order valence-electron chi connectivity index (χ0n) is 13.5. The summed E-state index contributed by atoms with van der Waals surface area (Å²) in [6.07, 6.45) is 5.07. The summed E-state index contributed by atoms with van der Waals surface area (Å²) >= 11 is 1.48. The van der Waals surface area contributed by atoms with Crippen molar-refractivity contribution in [2.24, 2.45) is 0 Å². The summed E-state index contributed by atoms with van der Waals surface area (Å²) in [6.45, 7) is 5.18. The summed E-state index contributed by atoms with van der Waals surface area (Å²) < 4.78 is 0. The fourth-order valence-electron chi connectivity index (χ4n) is 2.95. The number of benzene rings is 1. The Balaban J connectivity index is 1.73. The van der Waals surface area contributed by atoms with E-state index in [1.807, 2.05) is 18.2 Å². The Bertz CT molecular complexity index is 635. The van der Waals surface area contributed by atoms with Crippen molar-refractivity contribution in [3.05, 3.63) is 52.0 Å². The smallest absolute Gasteiger partial charge is 0.263 e. The Morgan fingerprint density at radius 1 is 1.30 bits per heavy atom. The van der Waals surface area contributed by atoms with E-state index in [0.29, 0.717) is 4.88 Å². The maximum atomic E-state index is 12.6. The molecule has 1 fully saturated rings. The molecule has 122 valence electrons. The minimum Gasteiger partial charge on any atom is -0.343 e. The van der Waals surface area contributed by atoms with Crippen LogP contribution >= 0.6 is 11.3 Å². The van der Waals surface area contributed by atoms with Gasteiger partial charge in [-0.05, 0) is 37.9 Å². The van der Waals surface area contributed by atoms with Gasteiger partial charge in [0.1, 0.15) is 4.88 Å². The third-order valence-electron chi connectivity index (χ3n) is 4.23. The summed E-state index contributed by atoms with van der Waals surface area (Å²) in [6, 6.07) is 10.3. The van der Waals surface area contributed by atoms with Crippen molar-refractivity contribution in [3.8, 4) is 0 Å². The standard InChI is InChI=1S/C18H23N3OS/c1-2-17-19-12-16(23-17)18(22)20-15(13-21-10-6-7-11-21)14-8-4-3-5-9-14/h3-5,8-9,12,15H,2,6-7,10-11,13H2,1H3,(H,20,22). The minimum absolute atomic E-state index is 0.0183. The number of aryl methyl sites for hydroxylation is 1. The molecule has 1 aromatic carbocycles. The maximum absolute atomic E-state index is 12.6. The van der Waals surface area contributed by atoms with Crippen LogP contribution in [0.5, 0.6) is 0 Å². The van der Waals surface area contributed by atoms with E-state index < -0.39 is 0 Å². The first kappa shape index (κ1) is 16.1. The van der Waals surface area contributed by atoms with Gasteiger partial charge in [0.05, 0.1) is 17.2 Å². The summed E-state index contributed by atoms with van der Waals surface area (Å²) in [5, 5.41) is 4.21. The van der Waals surface area contributed by atoms with Crippen LogP contribution in [0.1, 0.15) is 46.0 Å². The van der Waals surface area contributed by atoms with E-state index in [1.54, 1.807) is 6.20 Å². The SMILES string of the molecule is CCc1ncc(C(=O)NC(CN2CCCC2)c2ccccc2)s1. The molecule has 1 amide bonds. The molecule has 0 saturated carbocycles. The van der Waals surface area contributed by atoms with Crippen molar-refractivity contribution < 1.29 is 4.79 Å². The highest BCUT2D eigenvalue weighted by atomic mass is 32.1. The fraction of sp³-hybridized carbons (Fsp3) is 0.444. The Hall–Kier alpha value is -1.72. The molecular weight excluding hydrogens is 306 g/mol.